The first-order valence-electron chi connectivity index (χ1n) is 9.21. The van der Waals surface area contributed by atoms with Gasteiger partial charge < -0.3 is 21.6 Å². The molecule has 1 saturated carbocycles. The Balaban J connectivity index is 0.00000163. The highest BCUT2D eigenvalue weighted by Gasteiger charge is 2.21. The van der Waals surface area contributed by atoms with E-state index in [0.29, 0.717) is 5.70 Å². The molecular weight excluding hydrogens is 333 g/mol. The Bertz CT molecular complexity index is 650. The van der Waals surface area contributed by atoms with Gasteiger partial charge in [0.1, 0.15) is 5.82 Å². The monoisotopic (exact) mass is 363 g/mol. The van der Waals surface area contributed by atoms with Gasteiger partial charge in [0, 0.05) is 17.8 Å². The second-order valence-electron chi connectivity index (χ2n) is 6.26. The van der Waals surface area contributed by atoms with Gasteiger partial charge in [0.05, 0.1) is 17.4 Å². The second kappa shape index (κ2) is 10.7. The maximum atomic E-state index is 14.2. The predicted molar refractivity (Wildman–Crippen MR) is 103 cm³/mol. The van der Waals surface area contributed by atoms with E-state index in [4.69, 9.17) is 11.1 Å². The lowest BCUT2D eigenvalue weighted by molar-refractivity contribution is 0.0923. The van der Waals surface area contributed by atoms with Crippen molar-refractivity contribution in [3.05, 3.63) is 46.9 Å². The molecule has 0 aromatic heterocycles. The van der Waals surface area contributed by atoms with Gasteiger partial charge in [0.25, 0.3) is 5.91 Å². The molecule has 0 saturated heterocycles. The number of hydrogen-bond acceptors (Lipinski definition) is 4. The molecule has 1 atom stereocenters. The first-order chi connectivity index (χ1) is 12.4. The second-order valence-corrected chi connectivity index (χ2v) is 6.26. The Kier molecular flexibility index (Phi) is 8.99. The van der Waals surface area contributed by atoms with Crippen molar-refractivity contribution >= 4 is 11.6 Å². The minimum absolute atomic E-state index is 0.0577. The minimum Gasteiger partial charge on any atom is -0.402 e. The van der Waals surface area contributed by atoms with Gasteiger partial charge >= 0.3 is 0 Å². The van der Waals surface area contributed by atoms with E-state index in [-0.39, 0.29) is 29.3 Å². The summed E-state index contributed by atoms with van der Waals surface area (Å²) in [6.07, 6.45) is 4.94. The van der Waals surface area contributed by atoms with E-state index in [2.05, 4.69) is 5.32 Å². The first-order valence-corrected chi connectivity index (χ1v) is 9.21. The fourth-order valence-corrected chi connectivity index (χ4v) is 2.94. The van der Waals surface area contributed by atoms with Crippen molar-refractivity contribution in [2.75, 3.05) is 6.54 Å². The van der Waals surface area contributed by atoms with E-state index in [9.17, 15) is 14.3 Å². The molecule has 2 rings (SSSR count). The van der Waals surface area contributed by atoms with Crippen LogP contribution in [0.5, 0.6) is 0 Å². The number of allylic oxidation sites excluding steroid dienone is 2. The van der Waals surface area contributed by atoms with Crippen LogP contribution in [0.1, 0.15) is 62.4 Å². The minimum atomic E-state index is -0.705. The summed E-state index contributed by atoms with van der Waals surface area (Å²) >= 11 is 0. The summed E-state index contributed by atoms with van der Waals surface area (Å²) in [5, 5.41) is 20.0. The average Bonchev–Trinajstić information content (AvgIpc) is 3.15. The van der Waals surface area contributed by atoms with Gasteiger partial charge in [-0.1, -0.05) is 32.8 Å². The van der Waals surface area contributed by atoms with Crippen molar-refractivity contribution in [1.82, 2.24) is 5.32 Å². The van der Waals surface area contributed by atoms with E-state index < -0.39 is 17.8 Å². The van der Waals surface area contributed by atoms with Gasteiger partial charge in [-0.05, 0) is 43.9 Å². The fourth-order valence-electron chi connectivity index (χ4n) is 2.94. The molecule has 1 aliphatic carbocycles. The zero-order valence-electron chi connectivity index (χ0n) is 15.8. The molecule has 0 spiro atoms. The number of nitrogens with two attached hydrogens (primary N) is 1. The van der Waals surface area contributed by atoms with Crippen molar-refractivity contribution < 1.29 is 14.3 Å². The number of rotatable bonds is 6. The number of amides is 1. The summed E-state index contributed by atoms with van der Waals surface area (Å²) < 4.78 is 14.2. The molecule has 1 amide bonds. The lowest BCUT2D eigenvalue weighted by Crippen LogP contribution is -2.31. The van der Waals surface area contributed by atoms with Crippen molar-refractivity contribution in [3.63, 3.8) is 0 Å². The number of hydrogen-bond donors (Lipinski definition) is 4. The summed E-state index contributed by atoms with van der Waals surface area (Å²) in [7, 11) is 0. The number of aliphatic hydroxyl groups is 1. The zero-order valence-corrected chi connectivity index (χ0v) is 15.8. The Labute approximate surface area is 155 Å². The van der Waals surface area contributed by atoms with E-state index in [0.717, 1.165) is 25.7 Å². The summed E-state index contributed by atoms with van der Waals surface area (Å²) in [6.45, 7) is 5.60. The predicted octanol–water partition coefficient (Wildman–Crippen LogP) is 3.36. The van der Waals surface area contributed by atoms with Gasteiger partial charge in [-0.3, -0.25) is 4.79 Å². The molecule has 1 fully saturated rings. The summed E-state index contributed by atoms with van der Waals surface area (Å²) in [5.74, 6) is -0.937. The number of carbonyl (C=O) groups excluding carboxylic acids is 1. The standard InChI is InChI=1S/C18H24FN3O2.C2H6/c1-11(23)10-22-18(24)13-7-4-8-14(19)17(13)16(21)9-15(20)12-5-2-3-6-12;1-2/h4,7-9,11-12,21,23H,2-3,5-6,10,20H2,1H3,(H,22,24);1-2H3/b15-9-,21-16?;. The lowest BCUT2D eigenvalue weighted by Gasteiger charge is -2.13. The summed E-state index contributed by atoms with van der Waals surface area (Å²) in [4.78, 5) is 12.2. The summed E-state index contributed by atoms with van der Waals surface area (Å²) in [5.41, 5.74) is 6.51. The maximum absolute atomic E-state index is 14.2. The van der Waals surface area contributed by atoms with Crippen molar-refractivity contribution in [2.24, 2.45) is 11.7 Å². The van der Waals surface area contributed by atoms with E-state index in [1.54, 1.807) is 6.92 Å². The number of halogens is 1. The molecular formula is C20H30FN3O2. The van der Waals surface area contributed by atoms with Crippen LogP contribution in [0.3, 0.4) is 0 Å². The van der Waals surface area contributed by atoms with Gasteiger partial charge in [0.2, 0.25) is 0 Å². The van der Waals surface area contributed by atoms with E-state index in [1.807, 2.05) is 13.8 Å². The highest BCUT2D eigenvalue weighted by Crippen LogP contribution is 2.29. The normalized spacial score (nSPS) is 15.8. The van der Waals surface area contributed by atoms with Gasteiger partial charge in [-0.2, -0.15) is 0 Å². The largest absolute Gasteiger partial charge is 0.402 e. The molecule has 1 aliphatic rings. The van der Waals surface area contributed by atoms with Crippen LogP contribution in [0, 0.1) is 17.1 Å². The van der Waals surface area contributed by atoms with Crippen LogP contribution in [-0.4, -0.2) is 29.4 Å². The highest BCUT2D eigenvalue weighted by atomic mass is 19.1. The average molecular weight is 363 g/mol. The first kappa shape index (κ1) is 21.8. The molecule has 1 aromatic rings. The third-order valence-electron chi connectivity index (χ3n) is 4.22. The van der Waals surface area contributed by atoms with E-state index >= 15 is 0 Å². The van der Waals surface area contributed by atoms with Gasteiger partial charge in [-0.15, -0.1) is 0 Å². The zero-order chi connectivity index (χ0) is 19.7. The summed E-state index contributed by atoms with van der Waals surface area (Å²) in [6, 6.07) is 4.10. The van der Waals surface area contributed by atoms with Crippen LogP contribution < -0.4 is 11.1 Å². The topological polar surface area (TPSA) is 99.2 Å². The van der Waals surface area contributed by atoms with E-state index in [1.165, 1.54) is 24.3 Å². The Morgan fingerprint density at radius 2 is 2.04 bits per heavy atom. The number of benzene rings is 1. The molecule has 0 aliphatic heterocycles. The molecule has 5 N–H and O–H groups in total. The van der Waals surface area contributed by atoms with Crippen molar-refractivity contribution in [1.29, 1.82) is 5.41 Å². The molecule has 5 nitrogen and oxygen atoms in total. The van der Waals surface area contributed by atoms with Gasteiger partial charge in [0.15, 0.2) is 0 Å². The fraction of sp³-hybridized carbons (Fsp3) is 0.500. The smallest absolute Gasteiger partial charge is 0.252 e. The van der Waals surface area contributed by atoms with Crippen molar-refractivity contribution in [2.45, 2.75) is 52.6 Å². The maximum Gasteiger partial charge on any atom is 0.252 e. The van der Waals surface area contributed by atoms with Crippen molar-refractivity contribution in [3.8, 4) is 0 Å². The Hall–Kier alpha value is -2.21. The van der Waals surface area contributed by atoms with Gasteiger partial charge in [-0.25, -0.2) is 4.39 Å². The Morgan fingerprint density at radius 1 is 1.42 bits per heavy atom. The molecule has 6 heteroatoms. The van der Waals surface area contributed by atoms with Crippen LogP contribution in [0.25, 0.3) is 0 Å². The lowest BCUT2D eigenvalue weighted by atomic mass is 9.97. The Morgan fingerprint density at radius 3 is 2.62 bits per heavy atom. The third-order valence-corrected chi connectivity index (χ3v) is 4.22. The number of nitrogens with one attached hydrogen (secondary N) is 2. The van der Waals surface area contributed by atoms with Crippen LogP contribution >= 0.6 is 0 Å². The highest BCUT2D eigenvalue weighted by molar-refractivity contribution is 6.14. The quantitative estimate of drug-likeness (QED) is 0.583. The molecule has 26 heavy (non-hydrogen) atoms. The molecule has 0 heterocycles. The van der Waals surface area contributed by atoms with Crippen LogP contribution in [-0.2, 0) is 0 Å². The van der Waals surface area contributed by atoms with Crippen LogP contribution in [0.15, 0.2) is 30.0 Å². The van der Waals surface area contributed by atoms with Crippen LogP contribution in [0.2, 0.25) is 0 Å². The molecule has 144 valence electrons. The number of aliphatic hydroxyl groups excluding tert-OH is 1. The SMILES string of the molecule is CC.CC(O)CNC(=O)c1cccc(F)c1C(=N)/C=C(\N)C1CCCC1. The molecule has 0 bridgehead atoms. The van der Waals surface area contributed by atoms with Crippen LogP contribution in [0.4, 0.5) is 4.39 Å². The molecule has 0 radical (unpaired) electrons. The number of carbonyl (C=O) groups is 1. The molecule has 1 unspecified atom stereocenters. The molecule has 1 aromatic carbocycles. The third kappa shape index (κ3) is 5.95.